The Kier molecular flexibility index (Phi) is 4.58. The molecule has 124 valence electrons. The molecule has 0 aliphatic carbocycles. The van der Waals surface area contributed by atoms with Crippen LogP contribution in [0.1, 0.15) is 5.56 Å². The second-order valence-electron chi connectivity index (χ2n) is 4.88. The van der Waals surface area contributed by atoms with Gasteiger partial charge in [0.05, 0.1) is 16.3 Å². The van der Waals surface area contributed by atoms with Crippen LogP contribution in [0, 0.1) is 5.82 Å². The number of sulfone groups is 1. The normalized spacial score (nSPS) is 11.6. The van der Waals surface area contributed by atoms with Gasteiger partial charge in [0, 0.05) is 5.02 Å². The SMILES string of the molecule is O=S(=O)(Cc1ccc(F)cc1)c1nnc(-c2ccc(Cl)cc2Cl)o1. The number of rotatable bonds is 4. The van der Waals surface area contributed by atoms with E-state index in [4.69, 9.17) is 27.6 Å². The lowest BCUT2D eigenvalue weighted by Gasteiger charge is -2.01. The molecule has 0 spiro atoms. The van der Waals surface area contributed by atoms with Gasteiger partial charge in [-0.05, 0) is 35.9 Å². The van der Waals surface area contributed by atoms with Crippen molar-refractivity contribution in [3.8, 4) is 11.5 Å². The highest BCUT2D eigenvalue weighted by atomic mass is 35.5. The van der Waals surface area contributed by atoms with Crippen LogP contribution in [0.2, 0.25) is 10.0 Å². The lowest BCUT2D eigenvalue weighted by molar-refractivity contribution is 0.439. The fourth-order valence-corrected chi connectivity index (χ4v) is 3.58. The third-order valence-corrected chi connectivity index (χ3v) is 5.06. The van der Waals surface area contributed by atoms with Gasteiger partial charge in [0.25, 0.3) is 0 Å². The molecule has 0 saturated heterocycles. The zero-order valence-electron chi connectivity index (χ0n) is 11.9. The Morgan fingerprint density at radius 3 is 2.42 bits per heavy atom. The third kappa shape index (κ3) is 3.58. The third-order valence-electron chi connectivity index (χ3n) is 3.10. The number of nitrogens with zero attached hydrogens (tertiary/aromatic N) is 2. The zero-order valence-corrected chi connectivity index (χ0v) is 14.2. The molecule has 24 heavy (non-hydrogen) atoms. The first kappa shape index (κ1) is 16.9. The molecule has 3 aromatic rings. The average Bonchev–Trinajstić information content (AvgIpc) is 3.00. The van der Waals surface area contributed by atoms with Gasteiger partial charge in [-0.3, -0.25) is 0 Å². The van der Waals surface area contributed by atoms with Crippen LogP contribution in [0.4, 0.5) is 4.39 Å². The van der Waals surface area contributed by atoms with E-state index in [0.29, 0.717) is 16.1 Å². The first-order chi connectivity index (χ1) is 11.3. The van der Waals surface area contributed by atoms with E-state index >= 15 is 0 Å². The van der Waals surface area contributed by atoms with Crippen LogP contribution >= 0.6 is 23.2 Å². The van der Waals surface area contributed by atoms with E-state index in [9.17, 15) is 12.8 Å². The Morgan fingerprint density at radius 2 is 1.75 bits per heavy atom. The number of benzene rings is 2. The number of hydrogen-bond acceptors (Lipinski definition) is 5. The van der Waals surface area contributed by atoms with E-state index in [-0.39, 0.29) is 16.7 Å². The van der Waals surface area contributed by atoms with Gasteiger partial charge in [-0.1, -0.05) is 40.4 Å². The molecule has 0 aliphatic rings. The molecule has 0 saturated carbocycles. The Balaban J connectivity index is 1.90. The summed E-state index contributed by atoms with van der Waals surface area (Å²) in [5, 5.41) is 7.43. The van der Waals surface area contributed by atoms with Gasteiger partial charge in [0.1, 0.15) is 5.82 Å². The Morgan fingerprint density at radius 1 is 1.04 bits per heavy atom. The van der Waals surface area contributed by atoms with Crippen LogP contribution in [0.15, 0.2) is 52.1 Å². The first-order valence-electron chi connectivity index (χ1n) is 6.61. The average molecular weight is 387 g/mol. The van der Waals surface area contributed by atoms with E-state index in [1.165, 1.54) is 30.3 Å². The zero-order chi connectivity index (χ0) is 17.3. The van der Waals surface area contributed by atoms with Crippen molar-refractivity contribution < 1.29 is 17.2 Å². The van der Waals surface area contributed by atoms with E-state index in [1.807, 2.05) is 0 Å². The smallest absolute Gasteiger partial charge is 0.336 e. The van der Waals surface area contributed by atoms with Crippen molar-refractivity contribution in [2.45, 2.75) is 11.0 Å². The topological polar surface area (TPSA) is 73.1 Å². The molecule has 3 rings (SSSR count). The van der Waals surface area contributed by atoms with Gasteiger partial charge in [-0.2, -0.15) is 0 Å². The molecule has 0 amide bonds. The summed E-state index contributed by atoms with van der Waals surface area (Å²) in [6, 6.07) is 9.71. The van der Waals surface area contributed by atoms with Crippen LogP contribution in [0.5, 0.6) is 0 Å². The Bertz CT molecular complexity index is 988. The van der Waals surface area contributed by atoms with Gasteiger partial charge in [0.15, 0.2) is 0 Å². The van der Waals surface area contributed by atoms with Gasteiger partial charge >= 0.3 is 5.22 Å². The van der Waals surface area contributed by atoms with Crippen molar-refractivity contribution in [2.24, 2.45) is 0 Å². The molecule has 0 fully saturated rings. The maximum atomic E-state index is 12.9. The van der Waals surface area contributed by atoms with E-state index in [1.54, 1.807) is 12.1 Å². The van der Waals surface area contributed by atoms with E-state index in [2.05, 4.69) is 10.2 Å². The predicted molar refractivity (Wildman–Crippen MR) is 87.0 cm³/mol. The molecule has 9 heteroatoms. The maximum Gasteiger partial charge on any atom is 0.336 e. The second-order valence-corrected chi connectivity index (χ2v) is 7.59. The predicted octanol–water partition coefficient (Wildman–Crippen LogP) is 4.16. The summed E-state index contributed by atoms with van der Waals surface area (Å²) in [5.41, 5.74) is 0.775. The second kappa shape index (κ2) is 6.51. The number of aromatic nitrogens is 2. The summed E-state index contributed by atoms with van der Waals surface area (Å²) in [4.78, 5) is 0. The fourth-order valence-electron chi connectivity index (χ4n) is 1.97. The summed E-state index contributed by atoms with van der Waals surface area (Å²) in [7, 11) is -3.87. The van der Waals surface area contributed by atoms with Crippen molar-refractivity contribution in [1.29, 1.82) is 0 Å². The van der Waals surface area contributed by atoms with Crippen molar-refractivity contribution in [1.82, 2.24) is 10.2 Å². The molecular weight excluding hydrogens is 378 g/mol. The Hall–Kier alpha value is -1.96. The van der Waals surface area contributed by atoms with Crippen LogP contribution in [0.3, 0.4) is 0 Å². The molecule has 0 radical (unpaired) electrons. The minimum absolute atomic E-state index is 0.0330. The quantitative estimate of drug-likeness (QED) is 0.672. The molecule has 5 nitrogen and oxygen atoms in total. The van der Waals surface area contributed by atoms with Crippen LogP contribution < -0.4 is 0 Å². The van der Waals surface area contributed by atoms with Gasteiger partial charge in [0.2, 0.25) is 15.7 Å². The molecular formula is C15H9Cl2FN2O3S. The van der Waals surface area contributed by atoms with Crippen LogP contribution in [-0.4, -0.2) is 18.6 Å². The minimum atomic E-state index is -3.87. The van der Waals surface area contributed by atoms with Crippen LogP contribution in [0.25, 0.3) is 11.5 Å². The van der Waals surface area contributed by atoms with E-state index < -0.39 is 20.9 Å². The van der Waals surface area contributed by atoms with Crippen molar-refractivity contribution >= 4 is 33.0 Å². The molecule has 0 unspecified atom stereocenters. The number of hydrogen-bond donors (Lipinski definition) is 0. The lowest BCUT2D eigenvalue weighted by atomic mass is 10.2. The molecule has 0 bridgehead atoms. The summed E-state index contributed by atoms with van der Waals surface area (Å²) in [6.07, 6.45) is 0. The summed E-state index contributed by atoms with van der Waals surface area (Å²) in [5.74, 6) is -0.869. The first-order valence-corrected chi connectivity index (χ1v) is 9.02. The van der Waals surface area contributed by atoms with Crippen molar-refractivity contribution in [3.05, 3.63) is 63.9 Å². The lowest BCUT2D eigenvalue weighted by Crippen LogP contribution is -2.05. The Labute approximate surface area is 147 Å². The molecule has 0 aliphatic heterocycles. The largest absolute Gasteiger partial charge is 0.408 e. The minimum Gasteiger partial charge on any atom is -0.408 e. The van der Waals surface area contributed by atoms with Gasteiger partial charge < -0.3 is 4.42 Å². The van der Waals surface area contributed by atoms with E-state index in [0.717, 1.165) is 0 Å². The van der Waals surface area contributed by atoms with Crippen LogP contribution in [-0.2, 0) is 15.6 Å². The van der Waals surface area contributed by atoms with Gasteiger partial charge in [-0.25, -0.2) is 12.8 Å². The van der Waals surface area contributed by atoms with Crippen molar-refractivity contribution in [3.63, 3.8) is 0 Å². The standard InChI is InChI=1S/C15H9Cl2FN2O3S/c16-10-3-6-12(13(17)7-10)14-19-20-15(23-14)24(21,22)8-9-1-4-11(18)5-2-9/h1-7H,8H2. The fraction of sp³-hybridized carbons (Fsp3) is 0.0667. The molecule has 0 N–H and O–H groups in total. The summed E-state index contributed by atoms with van der Waals surface area (Å²) < 4.78 is 42.8. The maximum absolute atomic E-state index is 12.9. The summed E-state index contributed by atoms with van der Waals surface area (Å²) in [6.45, 7) is 0. The summed E-state index contributed by atoms with van der Waals surface area (Å²) >= 11 is 11.8. The highest BCUT2D eigenvalue weighted by Crippen LogP contribution is 2.30. The number of halogens is 3. The highest BCUT2D eigenvalue weighted by molar-refractivity contribution is 7.90. The molecule has 2 aromatic carbocycles. The van der Waals surface area contributed by atoms with Gasteiger partial charge in [-0.15, -0.1) is 5.10 Å². The molecule has 1 heterocycles. The molecule has 0 atom stereocenters. The molecule has 1 aromatic heterocycles. The van der Waals surface area contributed by atoms with Crippen molar-refractivity contribution in [2.75, 3.05) is 0 Å². The highest BCUT2D eigenvalue weighted by Gasteiger charge is 2.24. The monoisotopic (exact) mass is 386 g/mol.